The van der Waals surface area contributed by atoms with Gasteiger partial charge in [-0.05, 0) is 43.0 Å². The molecule has 2 aromatic carbocycles. The van der Waals surface area contributed by atoms with Crippen molar-refractivity contribution in [1.82, 2.24) is 9.36 Å². The molecule has 0 fully saturated rings. The molecule has 1 heterocycles. The second kappa shape index (κ2) is 8.02. The Morgan fingerprint density at radius 3 is 2.54 bits per heavy atom. The van der Waals surface area contributed by atoms with Gasteiger partial charge in [0, 0.05) is 24.0 Å². The summed E-state index contributed by atoms with van der Waals surface area (Å²) in [7, 11) is 0. The van der Waals surface area contributed by atoms with Crippen LogP contribution in [0.15, 0.2) is 54.6 Å². The number of nitrogens with one attached hydrogen (secondary N) is 1. The van der Waals surface area contributed by atoms with Crippen LogP contribution in [0.3, 0.4) is 0 Å². The van der Waals surface area contributed by atoms with Gasteiger partial charge >= 0.3 is 0 Å². The summed E-state index contributed by atoms with van der Waals surface area (Å²) in [6.07, 6.45) is 2.70. The van der Waals surface area contributed by atoms with Crippen molar-refractivity contribution in [1.29, 1.82) is 0 Å². The average molecular weight is 341 g/mol. The maximum absolute atomic E-state index is 12.9. The van der Waals surface area contributed by atoms with Crippen molar-refractivity contribution in [3.63, 3.8) is 0 Å². The molecule has 1 unspecified atom stereocenters. The van der Waals surface area contributed by atoms with E-state index in [9.17, 15) is 4.39 Å². The predicted octanol–water partition coefficient (Wildman–Crippen LogP) is 4.70. The summed E-state index contributed by atoms with van der Waals surface area (Å²) >= 11 is 1.38. The Hall–Kier alpha value is -2.27. The van der Waals surface area contributed by atoms with Gasteiger partial charge in [-0.3, -0.25) is 0 Å². The van der Waals surface area contributed by atoms with Crippen LogP contribution < -0.4 is 5.32 Å². The van der Waals surface area contributed by atoms with Crippen LogP contribution in [0.2, 0.25) is 0 Å². The Balaban J connectivity index is 1.50. The molecule has 1 aromatic heterocycles. The van der Waals surface area contributed by atoms with E-state index in [0.717, 1.165) is 29.4 Å². The lowest BCUT2D eigenvalue weighted by Gasteiger charge is -2.12. The summed E-state index contributed by atoms with van der Waals surface area (Å²) < 4.78 is 17.3. The summed E-state index contributed by atoms with van der Waals surface area (Å²) in [4.78, 5) is 4.53. The molecule has 1 atom stereocenters. The maximum atomic E-state index is 12.9. The van der Waals surface area contributed by atoms with Gasteiger partial charge in [-0.1, -0.05) is 42.5 Å². The van der Waals surface area contributed by atoms with Gasteiger partial charge in [0.1, 0.15) is 11.6 Å². The fraction of sp³-hybridized carbons (Fsp3) is 0.263. The topological polar surface area (TPSA) is 37.8 Å². The molecule has 0 bridgehead atoms. The molecule has 5 heteroatoms. The van der Waals surface area contributed by atoms with Gasteiger partial charge in [0.15, 0.2) is 0 Å². The summed E-state index contributed by atoms with van der Waals surface area (Å²) in [6, 6.07) is 17.3. The molecule has 0 saturated carbocycles. The van der Waals surface area contributed by atoms with Crippen LogP contribution in [0.4, 0.5) is 9.52 Å². The quantitative estimate of drug-likeness (QED) is 0.677. The van der Waals surface area contributed by atoms with Gasteiger partial charge in [0.25, 0.3) is 0 Å². The predicted molar refractivity (Wildman–Crippen MR) is 97.0 cm³/mol. The molecule has 1 N–H and O–H groups in total. The molecular weight excluding hydrogens is 321 g/mol. The molecule has 0 aliphatic heterocycles. The van der Waals surface area contributed by atoms with Crippen LogP contribution in [0.25, 0.3) is 0 Å². The third kappa shape index (κ3) is 4.86. The van der Waals surface area contributed by atoms with E-state index in [0.29, 0.717) is 12.5 Å². The Morgan fingerprint density at radius 2 is 1.79 bits per heavy atom. The van der Waals surface area contributed by atoms with Crippen molar-refractivity contribution >= 4 is 16.7 Å². The molecule has 24 heavy (non-hydrogen) atoms. The Morgan fingerprint density at radius 1 is 1.04 bits per heavy atom. The molecule has 0 spiro atoms. The number of aryl methyl sites for hydroxylation is 1. The highest BCUT2D eigenvalue weighted by Crippen LogP contribution is 2.17. The second-order valence-electron chi connectivity index (χ2n) is 5.89. The molecule has 0 aliphatic rings. The third-order valence-electron chi connectivity index (χ3n) is 3.82. The monoisotopic (exact) mass is 341 g/mol. The van der Waals surface area contributed by atoms with E-state index in [2.05, 4.69) is 45.9 Å². The molecule has 124 valence electrons. The summed E-state index contributed by atoms with van der Waals surface area (Å²) in [5.41, 5.74) is 2.36. The standard InChI is InChI=1S/C19H20FN3S/c1-14(7-8-15-5-3-2-4-6-15)21-19-22-18(23-24-19)13-16-9-11-17(20)12-10-16/h2-6,9-12,14H,7-8,13H2,1H3,(H,21,22,23). The van der Waals surface area contributed by atoms with Gasteiger partial charge in [-0.15, -0.1) is 0 Å². The lowest BCUT2D eigenvalue weighted by molar-refractivity contribution is 0.627. The fourth-order valence-electron chi connectivity index (χ4n) is 2.48. The number of rotatable bonds is 7. The van der Waals surface area contributed by atoms with Crippen LogP contribution in [0, 0.1) is 5.82 Å². The number of benzene rings is 2. The zero-order valence-electron chi connectivity index (χ0n) is 13.6. The third-order valence-corrected chi connectivity index (χ3v) is 4.51. The average Bonchev–Trinajstić information content (AvgIpc) is 3.03. The number of halogens is 1. The van der Waals surface area contributed by atoms with E-state index in [1.54, 1.807) is 12.1 Å². The van der Waals surface area contributed by atoms with Crippen molar-refractivity contribution in [3.05, 3.63) is 77.4 Å². The van der Waals surface area contributed by atoms with Crippen molar-refractivity contribution < 1.29 is 4.39 Å². The number of nitrogens with zero attached hydrogens (tertiary/aromatic N) is 2. The Kier molecular flexibility index (Phi) is 5.54. The highest BCUT2D eigenvalue weighted by atomic mass is 32.1. The lowest BCUT2D eigenvalue weighted by Crippen LogP contribution is -2.15. The first kappa shape index (κ1) is 16.6. The number of hydrogen-bond donors (Lipinski definition) is 1. The fourth-order valence-corrected chi connectivity index (χ4v) is 3.18. The first-order valence-electron chi connectivity index (χ1n) is 8.06. The first-order valence-corrected chi connectivity index (χ1v) is 8.84. The van der Waals surface area contributed by atoms with E-state index in [1.807, 2.05) is 6.07 Å². The van der Waals surface area contributed by atoms with Crippen LogP contribution in [-0.4, -0.2) is 15.4 Å². The zero-order chi connectivity index (χ0) is 16.8. The van der Waals surface area contributed by atoms with Crippen LogP contribution in [0.5, 0.6) is 0 Å². The van der Waals surface area contributed by atoms with Crippen molar-refractivity contribution in [2.45, 2.75) is 32.2 Å². The van der Waals surface area contributed by atoms with Gasteiger partial charge in [-0.2, -0.15) is 4.37 Å². The smallest absolute Gasteiger partial charge is 0.202 e. The minimum absolute atomic E-state index is 0.223. The molecule has 0 aliphatic carbocycles. The zero-order valence-corrected chi connectivity index (χ0v) is 14.4. The van der Waals surface area contributed by atoms with Crippen molar-refractivity contribution in [2.75, 3.05) is 5.32 Å². The lowest BCUT2D eigenvalue weighted by atomic mass is 10.1. The van der Waals surface area contributed by atoms with E-state index < -0.39 is 0 Å². The largest absolute Gasteiger partial charge is 0.358 e. The number of aromatic nitrogens is 2. The summed E-state index contributed by atoms with van der Waals surface area (Å²) in [5.74, 6) is 0.545. The molecule has 0 radical (unpaired) electrons. The highest BCUT2D eigenvalue weighted by molar-refractivity contribution is 7.09. The molecule has 3 rings (SSSR count). The van der Waals surface area contributed by atoms with E-state index in [4.69, 9.17) is 0 Å². The molecule has 0 saturated heterocycles. The normalized spacial score (nSPS) is 12.1. The first-order chi connectivity index (χ1) is 11.7. The maximum Gasteiger partial charge on any atom is 0.202 e. The van der Waals surface area contributed by atoms with E-state index >= 15 is 0 Å². The van der Waals surface area contributed by atoms with Gasteiger partial charge < -0.3 is 5.32 Å². The van der Waals surface area contributed by atoms with Gasteiger partial charge in [-0.25, -0.2) is 9.37 Å². The summed E-state index contributed by atoms with van der Waals surface area (Å²) in [6.45, 7) is 2.16. The molecular formula is C19H20FN3S. The number of anilines is 1. The molecule has 3 nitrogen and oxygen atoms in total. The molecule has 0 amide bonds. The molecule has 3 aromatic rings. The summed E-state index contributed by atoms with van der Waals surface area (Å²) in [5, 5.41) is 4.25. The van der Waals surface area contributed by atoms with Crippen molar-refractivity contribution in [2.24, 2.45) is 0 Å². The number of hydrogen-bond acceptors (Lipinski definition) is 4. The minimum Gasteiger partial charge on any atom is -0.358 e. The van der Waals surface area contributed by atoms with Crippen LogP contribution in [0.1, 0.15) is 30.3 Å². The highest BCUT2D eigenvalue weighted by Gasteiger charge is 2.08. The van der Waals surface area contributed by atoms with Crippen LogP contribution >= 0.6 is 11.5 Å². The van der Waals surface area contributed by atoms with E-state index in [1.165, 1.54) is 29.2 Å². The SMILES string of the molecule is CC(CCc1ccccc1)Nc1nc(Cc2ccc(F)cc2)ns1. The van der Waals surface area contributed by atoms with Gasteiger partial charge in [0.05, 0.1) is 0 Å². The van der Waals surface area contributed by atoms with E-state index in [-0.39, 0.29) is 5.82 Å². The minimum atomic E-state index is -0.223. The second-order valence-corrected chi connectivity index (χ2v) is 6.64. The Bertz CT molecular complexity index is 756. The Labute approximate surface area is 145 Å². The van der Waals surface area contributed by atoms with Crippen LogP contribution in [-0.2, 0) is 12.8 Å². The van der Waals surface area contributed by atoms with Crippen molar-refractivity contribution in [3.8, 4) is 0 Å². The van der Waals surface area contributed by atoms with Gasteiger partial charge in [0.2, 0.25) is 5.13 Å².